The molecule has 0 bridgehead atoms. The van der Waals surface area contributed by atoms with Crippen LogP contribution >= 0.6 is 0 Å². The topological polar surface area (TPSA) is 66.8 Å². The Morgan fingerprint density at radius 2 is 2.11 bits per heavy atom. The van der Waals surface area contributed by atoms with E-state index in [1.807, 2.05) is 0 Å². The highest BCUT2D eigenvalue weighted by Gasteiger charge is 2.58. The summed E-state index contributed by atoms with van der Waals surface area (Å²) in [5.41, 5.74) is 1.28. The third-order valence-electron chi connectivity index (χ3n) is 5.69. The Labute approximate surface area is 113 Å². The van der Waals surface area contributed by atoms with Gasteiger partial charge in [0.05, 0.1) is 6.10 Å². The fourth-order valence-corrected chi connectivity index (χ4v) is 4.82. The molecule has 106 valence electrons. The molecular formula is C15H22O4. The van der Waals surface area contributed by atoms with Crippen LogP contribution < -0.4 is 0 Å². The molecule has 0 aromatic carbocycles. The van der Waals surface area contributed by atoms with Crippen LogP contribution in [0.2, 0.25) is 0 Å². The number of hydrogen-bond donors (Lipinski definition) is 2. The van der Waals surface area contributed by atoms with Crippen molar-refractivity contribution >= 4 is 5.97 Å². The molecule has 2 N–H and O–H groups in total. The zero-order chi connectivity index (χ0) is 13.8. The quantitative estimate of drug-likeness (QED) is 0.704. The molecule has 0 saturated heterocycles. The summed E-state index contributed by atoms with van der Waals surface area (Å²) in [6, 6.07) is 0. The number of carbonyl (C=O) groups excluding carboxylic acids is 1. The van der Waals surface area contributed by atoms with Crippen molar-refractivity contribution in [2.24, 2.45) is 16.7 Å². The Morgan fingerprint density at radius 3 is 2.79 bits per heavy atom. The normalized spacial score (nSPS) is 45.8. The van der Waals surface area contributed by atoms with Gasteiger partial charge in [-0.3, -0.25) is 0 Å². The van der Waals surface area contributed by atoms with Crippen molar-refractivity contribution in [2.45, 2.75) is 45.6 Å². The van der Waals surface area contributed by atoms with Crippen LogP contribution in [0.1, 0.15) is 39.5 Å². The Bertz CT molecular complexity index is 455. The molecule has 1 saturated carbocycles. The molecule has 0 spiro atoms. The van der Waals surface area contributed by atoms with Crippen LogP contribution in [0.15, 0.2) is 11.1 Å². The summed E-state index contributed by atoms with van der Waals surface area (Å²) in [4.78, 5) is 11.8. The van der Waals surface area contributed by atoms with Crippen molar-refractivity contribution in [3.63, 3.8) is 0 Å². The van der Waals surface area contributed by atoms with Gasteiger partial charge in [-0.15, -0.1) is 0 Å². The van der Waals surface area contributed by atoms with E-state index in [1.165, 1.54) is 0 Å². The Kier molecular flexibility index (Phi) is 2.81. The average Bonchev–Trinajstić information content (AvgIpc) is 2.71. The first-order valence-electron chi connectivity index (χ1n) is 7.11. The third-order valence-corrected chi connectivity index (χ3v) is 5.69. The predicted molar refractivity (Wildman–Crippen MR) is 69.2 cm³/mol. The van der Waals surface area contributed by atoms with Crippen LogP contribution in [0.25, 0.3) is 0 Å². The number of aliphatic hydroxyl groups is 2. The Balaban J connectivity index is 2.10. The zero-order valence-electron chi connectivity index (χ0n) is 11.6. The van der Waals surface area contributed by atoms with E-state index in [4.69, 9.17) is 4.74 Å². The van der Waals surface area contributed by atoms with E-state index in [-0.39, 0.29) is 29.3 Å². The van der Waals surface area contributed by atoms with E-state index in [1.54, 1.807) is 0 Å². The van der Waals surface area contributed by atoms with Crippen molar-refractivity contribution in [1.82, 2.24) is 0 Å². The zero-order valence-corrected chi connectivity index (χ0v) is 11.6. The minimum Gasteiger partial charge on any atom is -0.458 e. The maximum atomic E-state index is 11.8. The van der Waals surface area contributed by atoms with Crippen molar-refractivity contribution in [3.05, 3.63) is 11.1 Å². The molecule has 3 aliphatic rings. The van der Waals surface area contributed by atoms with E-state index in [9.17, 15) is 15.0 Å². The second-order valence-corrected chi connectivity index (χ2v) is 6.87. The fourth-order valence-electron chi connectivity index (χ4n) is 4.82. The van der Waals surface area contributed by atoms with Gasteiger partial charge in [-0.2, -0.15) is 0 Å². The number of rotatable bonds is 1. The van der Waals surface area contributed by atoms with Gasteiger partial charge in [-0.1, -0.05) is 20.3 Å². The molecule has 1 heterocycles. The number of cyclic esters (lactones) is 1. The van der Waals surface area contributed by atoms with E-state index in [2.05, 4.69) is 13.8 Å². The van der Waals surface area contributed by atoms with Crippen molar-refractivity contribution < 1.29 is 19.7 Å². The highest BCUT2D eigenvalue weighted by atomic mass is 16.5. The largest absolute Gasteiger partial charge is 0.458 e. The first-order chi connectivity index (χ1) is 8.92. The van der Waals surface area contributed by atoms with E-state index in [0.717, 1.165) is 24.8 Å². The summed E-state index contributed by atoms with van der Waals surface area (Å²) in [6.07, 6.45) is 2.72. The number of ether oxygens (including phenoxy) is 1. The number of aliphatic hydroxyl groups excluding tert-OH is 2. The van der Waals surface area contributed by atoms with E-state index < -0.39 is 6.10 Å². The lowest BCUT2D eigenvalue weighted by molar-refractivity contribution is -0.136. The summed E-state index contributed by atoms with van der Waals surface area (Å²) in [6.45, 7) is 4.64. The highest BCUT2D eigenvalue weighted by Crippen LogP contribution is 2.60. The fraction of sp³-hybridized carbons (Fsp3) is 0.800. The van der Waals surface area contributed by atoms with Gasteiger partial charge in [-0.25, -0.2) is 4.79 Å². The monoisotopic (exact) mass is 266 g/mol. The van der Waals surface area contributed by atoms with Gasteiger partial charge < -0.3 is 14.9 Å². The second-order valence-electron chi connectivity index (χ2n) is 6.87. The van der Waals surface area contributed by atoms with Gasteiger partial charge in [0.15, 0.2) is 0 Å². The molecule has 19 heavy (non-hydrogen) atoms. The van der Waals surface area contributed by atoms with Crippen molar-refractivity contribution in [1.29, 1.82) is 0 Å². The summed E-state index contributed by atoms with van der Waals surface area (Å²) in [7, 11) is 0. The SMILES string of the molecule is C[C@]1(CO)CCC[C@]2(C)C3=C(C[C@@H](O)[C@@H]12)C(=O)OC3. The third kappa shape index (κ3) is 1.62. The van der Waals surface area contributed by atoms with Gasteiger partial charge in [0.2, 0.25) is 0 Å². The first kappa shape index (κ1) is 13.1. The molecule has 1 fully saturated rings. The molecule has 2 aliphatic carbocycles. The van der Waals surface area contributed by atoms with Crippen molar-refractivity contribution in [2.75, 3.05) is 13.2 Å². The maximum absolute atomic E-state index is 11.8. The molecule has 0 radical (unpaired) electrons. The minimum absolute atomic E-state index is 0.00648. The Hall–Kier alpha value is -0.870. The smallest absolute Gasteiger partial charge is 0.334 e. The van der Waals surface area contributed by atoms with Crippen LogP contribution in [0.4, 0.5) is 0 Å². The van der Waals surface area contributed by atoms with Gasteiger partial charge in [0.25, 0.3) is 0 Å². The van der Waals surface area contributed by atoms with Crippen LogP contribution in [0.3, 0.4) is 0 Å². The van der Waals surface area contributed by atoms with Crippen LogP contribution in [0, 0.1) is 16.7 Å². The number of esters is 1. The lowest BCUT2D eigenvalue weighted by Crippen LogP contribution is -2.54. The molecule has 0 aromatic rings. The van der Waals surface area contributed by atoms with Gasteiger partial charge >= 0.3 is 5.97 Å². The van der Waals surface area contributed by atoms with Gasteiger partial charge in [-0.05, 0) is 29.2 Å². The van der Waals surface area contributed by atoms with Crippen LogP contribution in [-0.4, -0.2) is 35.5 Å². The van der Waals surface area contributed by atoms with Crippen LogP contribution in [-0.2, 0) is 9.53 Å². The molecule has 4 heteroatoms. The van der Waals surface area contributed by atoms with E-state index in [0.29, 0.717) is 18.6 Å². The summed E-state index contributed by atoms with van der Waals surface area (Å²) in [5.74, 6) is -0.253. The average molecular weight is 266 g/mol. The number of hydrogen-bond acceptors (Lipinski definition) is 4. The number of carbonyl (C=O) groups is 1. The van der Waals surface area contributed by atoms with E-state index >= 15 is 0 Å². The lowest BCUT2D eigenvalue weighted by Gasteiger charge is -2.56. The molecule has 0 aromatic heterocycles. The van der Waals surface area contributed by atoms with Crippen LogP contribution in [0.5, 0.6) is 0 Å². The molecule has 4 atom stereocenters. The molecule has 0 unspecified atom stereocenters. The predicted octanol–water partition coefficient (Wildman–Crippen LogP) is 1.41. The first-order valence-corrected chi connectivity index (χ1v) is 7.11. The second kappa shape index (κ2) is 4.06. The Morgan fingerprint density at radius 1 is 1.37 bits per heavy atom. The van der Waals surface area contributed by atoms with Gasteiger partial charge in [0.1, 0.15) is 6.61 Å². The molecule has 4 nitrogen and oxygen atoms in total. The molecule has 3 rings (SSSR count). The lowest BCUT2D eigenvalue weighted by atomic mass is 9.49. The molecule has 1 aliphatic heterocycles. The highest BCUT2D eigenvalue weighted by molar-refractivity contribution is 5.92. The number of fused-ring (bicyclic) bond motifs is 2. The maximum Gasteiger partial charge on any atom is 0.334 e. The minimum atomic E-state index is -0.563. The van der Waals surface area contributed by atoms with Gasteiger partial charge in [0, 0.05) is 24.5 Å². The standard InChI is InChI=1S/C15H22O4/c1-14(8-16)4-3-5-15(2)10-7-19-13(18)9(10)6-11(17)12(14)15/h11-12,16-17H,3-8H2,1-2H3/t11-,12+,14-,15-/m1/s1. The molecular weight excluding hydrogens is 244 g/mol. The summed E-state index contributed by atoms with van der Waals surface area (Å²) in [5, 5.41) is 20.3. The summed E-state index contributed by atoms with van der Waals surface area (Å²) >= 11 is 0. The summed E-state index contributed by atoms with van der Waals surface area (Å²) < 4.78 is 5.18. The van der Waals surface area contributed by atoms with Crippen molar-refractivity contribution in [3.8, 4) is 0 Å². The molecule has 0 amide bonds.